The van der Waals surface area contributed by atoms with Gasteiger partial charge in [0.1, 0.15) is 0 Å². The summed E-state index contributed by atoms with van der Waals surface area (Å²) in [4.78, 5) is 8.91. The van der Waals surface area contributed by atoms with Crippen LogP contribution in [0.2, 0.25) is 0 Å². The number of fused-ring (bicyclic) bond motifs is 2. The average molecular weight is 293 g/mol. The zero-order valence-electron chi connectivity index (χ0n) is 13.1. The van der Waals surface area contributed by atoms with Gasteiger partial charge in [-0.2, -0.15) is 0 Å². The van der Waals surface area contributed by atoms with Gasteiger partial charge in [-0.25, -0.2) is 4.98 Å². The SMILES string of the molecule is CCNC1CC2CCC(C1)N2C(C)c1sc(C)nc1C. The van der Waals surface area contributed by atoms with Crippen molar-refractivity contribution in [2.45, 2.75) is 77.5 Å². The van der Waals surface area contributed by atoms with Crippen LogP contribution in [0.25, 0.3) is 0 Å². The van der Waals surface area contributed by atoms with E-state index in [1.165, 1.54) is 41.3 Å². The van der Waals surface area contributed by atoms with Gasteiger partial charge in [-0.1, -0.05) is 6.92 Å². The summed E-state index contributed by atoms with van der Waals surface area (Å²) in [5.74, 6) is 0. The van der Waals surface area contributed by atoms with Gasteiger partial charge in [0, 0.05) is 29.0 Å². The number of nitrogens with zero attached hydrogens (tertiary/aromatic N) is 2. The minimum atomic E-state index is 0.543. The lowest BCUT2D eigenvalue weighted by molar-refractivity contribution is 0.0787. The van der Waals surface area contributed by atoms with Crippen LogP contribution >= 0.6 is 11.3 Å². The molecule has 1 aromatic rings. The van der Waals surface area contributed by atoms with Gasteiger partial charge >= 0.3 is 0 Å². The van der Waals surface area contributed by atoms with Gasteiger partial charge in [-0.15, -0.1) is 11.3 Å². The molecular weight excluding hydrogens is 266 g/mol. The van der Waals surface area contributed by atoms with Gasteiger partial charge in [-0.05, 0) is 53.0 Å². The molecule has 4 heteroatoms. The maximum atomic E-state index is 4.62. The Morgan fingerprint density at radius 2 is 1.95 bits per heavy atom. The van der Waals surface area contributed by atoms with E-state index in [0.717, 1.165) is 24.7 Å². The van der Waals surface area contributed by atoms with Crippen LogP contribution in [0, 0.1) is 13.8 Å². The first-order chi connectivity index (χ1) is 9.60. The third kappa shape index (κ3) is 2.53. The van der Waals surface area contributed by atoms with Crippen LogP contribution in [-0.2, 0) is 0 Å². The number of hydrogen-bond acceptors (Lipinski definition) is 4. The molecule has 3 atom stereocenters. The summed E-state index contributed by atoms with van der Waals surface area (Å²) in [6, 6.07) is 2.83. The van der Waals surface area contributed by atoms with Crippen LogP contribution in [0.15, 0.2) is 0 Å². The molecule has 1 N–H and O–H groups in total. The van der Waals surface area contributed by atoms with E-state index >= 15 is 0 Å². The Balaban J connectivity index is 1.77. The van der Waals surface area contributed by atoms with E-state index in [1.54, 1.807) is 0 Å². The molecule has 0 amide bonds. The Morgan fingerprint density at radius 1 is 1.30 bits per heavy atom. The van der Waals surface area contributed by atoms with Crippen molar-refractivity contribution in [1.29, 1.82) is 0 Å². The molecule has 2 aliphatic rings. The second-order valence-electron chi connectivity index (χ2n) is 6.42. The van der Waals surface area contributed by atoms with E-state index in [9.17, 15) is 0 Å². The Bertz CT molecular complexity index is 456. The zero-order valence-corrected chi connectivity index (χ0v) is 14.0. The van der Waals surface area contributed by atoms with Crippen LogP contribution in [0.4, 0.5) is 0 Å². The van der Waals surface area contributed by atoms with Crippen molar-refractivity contribution in [3.05, 3.63) is 15.6 Å². The summed E-state index contributed by atoms with van der Waals surface area (Å²) >= 11 is 1.89. The Labute approximate surface area is 126 Å². The molecule has 1 aromatic heterocycles. The van der Waals surface area contributed by atoms with Crippen LogP contribution in [0.1, 0.15) is 61.2 Å². The fourth-order valence-corrected chi connectivity index (χ4v) is 5.36. The normalized spacial score (nSPS) is 31.7. The van der Waals surface area contributed by atoms with E-state index in [4.69, 9.17) is 0 Å². The molecule has 3 rings (SSSR count). The third-order valence-corrected chi connectivity index (χ3v) is 6.29. The van der Waals surface area contributed by atoms with E-state index < -0.39 is 0 Å². The summed E-state index contributed by atoms with van der Waals surface area (Å²) in [6.45, 7) is 10.0. The van der Waals surface area contributed by atoms with Crippen LogP contribution < -0.4 is 5.32 Å². The molecule has 3 unspecified atom stereocenters. The largest absolute Gasteiger partial charge is 0.314 e. The topological polar surface area (TPSA) is 28.2 Å². The fraction of sp³-hybridized carbons (Fsp3) is 0.812. The highest BCUT2D eigenvalue weighted by Crippen LogP contribution is 2.43. The van der Waals surface area contributed by atoms with E-state index in [1.807, 2.05) is 11.3 Å². The number of hydrogen-bond donors (Lipinski definition) is 1. The van der Waals surface area contributed by atoms with Gasteiger partial charge in [-0.3, -0.25) is 4.90 Å². The molecule has 2 saturated heterocycles. The lowest BCUT2D eigenvalue weighted by Crippen LogP contribution is -2.49. The van der Waals surface area contributed by atoms with E-state index in [0.29, 0.717) is 6.04 Å². The van der Waals surface area contributed by atoms with E-state index in [2.05, 4.69) is 42.9 Å². The highest BCUT2D eigenvalue weighted by molar-refractivity contribution is 7.11. The summed E-state index contributed by atoms with van der Waals surface area (Å²) in [5.41, 5.74) is 1.24. The molecule has 2 bridgehead atoms. The molecule has 2 aliphatic heterocycles. The first kappa shape index (κ1) is 14.5. The molecule has 0 saturated carbocycles. The van der Waals surface area contributed by atoms with Crippen molar-refractivity contribution in [2.24, 2.45) is 0 Å². The smallest absolute Gasteiger partial charge is 0.0900 e. The lowest BCUT2D eigenvalue weighted by Gasteiger charge is -2.42. The summed E-state index contributed by atoms with van der Waals surface area (Å²) in [6.07, 6.45) is 5.42. The molecule has 0 radical (unpaired) electrons. The molecule has 20 heavy (non-hydrogen) atoms. The molecule has 3 heterocycles. The number of thiazole rings is 1. The van der Waals surface area contributed by atoms with Crippen molar-refractivity contribution in [3.63, 3.8) is 0 Å². The Kier molecular flexibility index (Phi) is 4.16. The quantitative estimate of drug-likeness (QED) is 0.922. The molecule has 0 spiro atoms. The van der Waals surface area contributed by atoms with Crippen molar-refractivity contribution in [1.82, 2.24) is 15.2 Å². The fourth-order valence-electron chi connectivity index (χ4n) is 4.37. The van der Waals surface area contributed by atoms with Crippen LogP contribution in [0.3, 0.4) is 0 Å². The monoisotopic (exact) mass is 293 g/mol. The maximum Gasteiger partial charge on any atom is 0.0900 e. The molecule has 2 fully saturated rings. The first-order valence-corrected chi connectivity index (χ1v) is 8.86. The first-order valence-electron chi connectivity index (χ1n) is 8.04. The van der Waals surface area contributed by atoms with Crippen molar-refractivity contribution >= 4 is 11.3 Å². The molecule has 0 aliphatic carbocycles. The van der Waals surface area contributed by atoms with Crippen molar-refractivity contribution < 1.29 is 0 Å². The van der Waals surface area contributed by atoms with Gasteiger partial charge in [0.2, 0.25) is 0 Å². The highest BCUT2D eigenvalue weighted by atomic mass is 32.1. The number of aromatic nitrogens is 1. The molecule has 3 nitrogen and oxygen atoms in total. The minimum absolute atomic E-state index is 0.543. The molecule has 112 valence electrons. The second-order valence-corrected chi connectivity index (χ2v) is 7.65. The highest BCUT2D eigenvalue weighted by Gasteiger charge is 2.43. The van der Waals surface area contributed by atoms with Gasteiger partial charge in [0.05, 0.1) is 10.7 Å². The number of rotatable bonds is 4. The third-order valence-electron chi connectivity index (χ3n) is 5.05. The lowest BCUT2D eigenvalue weighted by atomic mass is 9.95. The van der Waals surface area contributed by atoms with Crippen molar-refractivity contribution in [3.8, 4) is 0 Å². The molecule has 0 aromatic carbocycles. The number of piperidine rings is 1. The van der Waals surface area contributed by atoms with Gasteiger partial charge < -0.3 is 5.32 Å². The zero-order chi connectivity index (χ0) is 14.3. The Morgan fingerprint density at radius 3 is 2.45 bits per heavy atom. The van der Waals surface area contributed by atoms with Crippen molar-refractivity contribution in [2.75, 3.05) is 6.54 Å². The summed E-state index contributed by atoms with van der Waals surface area (Å²) in [5, 5.41) is 4.87. The van der Waals surface area contributed by atoms with Crippen LogP contribution in [0.5, 0.6) is 0 Å². The van der Waals surface area contributed by atoms with Crippen LogP contribution in [-0.4, -0.2) is 34.6 Å². The standard InChI is InChI=1S/C16H27N3S/c1-5-17-13-8-14-6-7-15(9-13)19(14)11(3)16-10(2)18-12(4)20-16/h11,13-15,17H,5-9H2,1-4H3. The number of aryl methyl sites for hydroxylation is 2. The summed E-state index contributed by atoms with van der Waals surface area (Å²) < 4.78 is 0. The second kappa shape index (κ2) is 5.74. The van der Waals surface area contributed by atoms with E-state index in [-0.39, 0.29) is 0 Å². The minimum Gasteiger partial charge on any atom is -0.314 e. The van der Waals surface area contributed by atoms with Gasteiger partial charge in [0.25, 0.3) is 0 Å². The Hall–Kier alpha value is -0.450. The summed E-state index contributed by atoms with van der Waals surface area (Å²) in [7, 11) is 0. The average Bonchev–Trinajstić information content (AvgIpc) is 2.87. The number of nitrogens with one attached hydrogen (secondary N) is 1. The predicted octanol–water partition coefficient (Wildman–Crippen LogP) is 3.43. The maximum absolute atomic E-state index is 4.62. The molecular formula is C16H27N3S. The predicted molar refractivity (Wildman–Crippen MR) is 85.4 cm³/mol. The van der Waals surface area contributed by atoms with Gasteiger partial charge in [0.15, 0.2) is 0 Å².